The smallest absolute Gasteiger partial charge is 0.336 e. The number of dihydropyridines is 1. The number of rotatable bonds is 11. The second-order valence-electron chi connectivity index (χ2n) is 6.74. The largest absolute Gasteiger partial charge is 0.463 e. The number of carbonyl (C=O) groups is 2. The molecule has 0 amide bonds. The van der Waals surface area contributed by atoms with E-state index in [9.17, 15) is 9.59 Å². The second-order valence-corrected chi connectivity index (χ2v) is 6.74. The van der Waals surface area contributed by atoms with E-state index in [1.54, 1.807) is 13.8 Å². The van der Waals surface area contributed by atoms with Gasteiger partial charge in [0, 0.05) is 17.3 Å². The Hall–Kier alpha value is -2.04. The highest BCUT2D eigenvalue weighted by Crippen LogP contribution is 2.34. The Labute approximate surface area is 163 Å². The fraction of sp³-hybridized carbons (Fsp3) is 0.636. The average molecular weight is 378 g/mol. The lowest BCUT2D eigenvalue weighted by Gasteiger charge is -2.30. The fourth-order valence-electron chi connectivity index (χ4n) is 3.39. The summed E-state index contributed by atoms with van der Waals surface area (Å²) in [5.74, 6) is -1.05. The van der Waals surface area contributed by atoms with Crippen LogP contribution >= 0.6 is 0 Å². The fourth-order valence-corrected chi connectivity index (χ4v) is 3.39. The third-order valence-electron chi connectivity index (χ3n) is 4.63. The number of hydrogen-bond donors (Lipinski definition) is 1. The van der Waals surface area contributed by atoms with Gasteiger partial charge in [0.2, 0.25) is 0 Å². The second kappa shape index (κ2) is 12.4. The maximum absolute atomic E-state index is 12.5. The molecule has 0 aromatic carbocycles. The molecule has 5 heteroatoms. The van der Waals surface area contributed by atoms with Crippen molar-refractivity contribution in [1.29, 1.82) is 0 Å². The van der Waals surface area contributed by atoms with Crippen molar-refractivity contribution in [2.24, 2.45) is 5.92 Å². The van der Waals surface area contributed by atoms with E-state index in [2.05, 4.69) is 24.4 Å². The maximum atomic E-state index is 12.5. The van der Waals surface area contributed by atoms with Crippen LogP contribution in [-0.4, -0.2) is 25.2 Å². The highest BCUT2D eigenvalue weighted by Gasteiger charge is 2.36. The highest BCUT2D eigenvalue weighted by molar-refractivity contribution is 5.97. The molecule has 0 spiro atoms. The molecular weight excluding hydrogens is 342 g/mol. The van der Waals surface area contributed by atoms with Crippen LogP contribution in [0.2, 0.25) is 0 Å². The average Bonchev–Trinajstić information content (AvgIpc) is 2.60. The topological polar surface area (TPSA) is 64.6 Å². The number of ether oxygens (including phenoxy) is 2. The van der Waals surface area contributed by atoms with Crippen LogP contribution in [0.1, 0.15) is 73.1 Å². The van der Waals surface area contributed by atoms with E-state index in [-0.39, 0.29) is 17.9 Å². The summed E-state index contributed by atoms with van der Waals surface area (Å²) >= 11 is 0. The lowest BCUT2D eigenvalue weighted by Crippen LogP contribution is -2.33. The summed E-state index contributed by atoms with van der Waals surface area (Å²) in [6, 6.07) is 0. The number of unbranched alkanes of at least 4 members (excludes halogenated alkanes) is 3. The SMILES string of the molecule is CCCCC/C=C/CCC1C(C(=O)OCC)=C(C)NC(C)=C1C(=O)OCC. The van der Waals surface area contributed by atoms with Gasteiger partial charge in [-0.05, 0) is 53.4 Å². The van der Waals surface area contributed by atoms with Crippen LogP contribution in [-0.2, 0) is 19.1 Å². The lowest BCUT2D eigenvalue weighted by molar-refractivity contribution is -0.140. The van der Waals surface area contributed by atoms with Gasteiger partial charge in [-0.2, -0.15) is 0 Å². The third kappa shape index (κ3) is 6.89. The van der Waals surface area contributed by atoms with Gasteiger partial charge >= 0.3 is 11.9 Å². The van der Waals surface area contributed by atoms with Crippen molar-refractivity contribution < 1.29 is 19.1 Å². The van der Waals surface area contributed by atoms with Crippen LogP contribution in [0.4, 0.5) is 0 Å². The zero-order valence-corrected chi connectivity index (χ0v) is 17.5. The molecule has 27 heavy (non-hydrogen) atoms. The number of nitrogens with one attached hydrogen (secondary N) is 1. The normalized spacial score (nSPS) is 15.3. The van der Waals surface area contributed by atoms with Crippen LogP contribution in [0, 0.1) is 5.92 Å². The first-order chi connectivity index (χ1) is 13.0. The zero-order valence-electron chi connectivity index (χ0n) is 17.5. The first kappa shape index (κ1) is 23.0. The standard InChI is InChI=1S/C22H35NO4/c1-6-9-10-11-12-13-14-15-18-19(21(24)26-7-2)16(4)23-17(5)20(18)22(25)27-8-3/h12-13,18,23H,6-11,14-15H2,1-5H3/b13-12+. The maximum Gasteiger partial charge on any atom is 0.336 e. The first-order valence-corrected chi connectivity index (χ1v) is 10.2. The van der Waals surface area contributed by atoms with Gasteiger partial charge in [0.25, 0.3) is 0 Å². The van der Waals surface area contributed by atoms with Crippen molar-refractivity contribution in [3.63, 3.8) is 0 Å². The van der Waals surface area contributed by atoms with Crippen molar-refractivity contribution in [2.75, 3.05) is 13.2 Å². The predicted octanol–water partition coefficient (Wildman–Crippen LogP) is 4.80. The van der Waals surface area contributed by atoms with Gasteiger partial charge in [0.1, 0.15) is 0 Å². The van der Waals surface area contributed by atoms with Crippen LogP contribution in [0.15, 0.2) is 34.7 Å². The molecule has 0 atom stereocenters. The van der Waals surface area contributed by atoms with Gasteiger partial charge in [-0.3, -0.25) is 0 Å². The molecule has 1 heterocycles. The zero-order chi connectivity index (χ0) is 20.2. The molecule has 0 saturated carbocycles. The highest BCUT2D eigenvalue weighted by atomic mass is 16.5. The number of allylic oxidation sites excluding steroid dienone is 4. The predicted molar refractivity (Wildman–Crippen MR) is 108 cm³/mol. The number of carbonyl (C=O) groups excluding carboxylic acids is 2. The molecule has 0 radical (unpaired) electrons. The summed E-state index contributed by atoms with van der Waals surface area (Å²) < 4.78 is 10.5. The van der Waals surface area contributed by atoms with E-state index in [0.717, 1.165) is 24.2 Å². The molecule has 0 aliphatic carbocycles. The summed E-state index contributed by atoms with van der Waals surface area (Å²) in [5.41, 5.74) is 2.56. The van der Waals surface area contributed by atoms with Gasteiger partial charge in [0.05, 0.1) is 24.4 Å². The van der Waals surface area contributed by atoms with Crippen molar-refractivity contribution in [3.8, 4) is 0 Å². The van der Waals surface area contributed by atoms with Gasteiger partial charge in [-0.15, -0.1) is 0 Å². The van der Waals surface area contributed by atoms with Crippen molar-refractivity contribution in [2.45, 2.75) is 73.1 Å². The minimum absolute atomic E-state index is 0.303. The van der Waals surface area contributed by atoms with Crippen LogP contribution in [0.3, 0.4) is 0 Å². The Bertz CT molecular complexity index is 561. The minimum atomic E-state index is -0.367. The summed E-state index contributed by atoms with van der Waals surface area (Å²) in [7, 11) is 0. The number of hydrogen-bond acceptors (Lipinski definition) is 5. The summed E-state index contributed by atoms with van der Waals surface area (Å²) in [6.07, 6.45) is 10.5. The Kier molecular flexibility index (Phi) is 10.5. The lowest BCUT2D eigenvalue weighted by atomic mass is 9.82. The van der Waals surface area contributed by atoms with E-state index >= 15 is 0 Å². The molecule has 0 aromatic heterocycles. The Morgan fingerprint density at radius 1 is 0.889 bits per heavy atom. The van der Waals surface area contributed by atoms with E-state index in [1.807, 2.05) is 13.8 Å². The molecule has 0 fully saturated rings. The Balaban J connectivity index is 2.99. The molecule has 1 N–H and O–H groups in total. The molecule has 1 aliphatic heterocycles. The molecule has 1 aliphatic rings. The molecule has 1 rings (SSSR count). The summed E-state index contributed by atoms with van der Waals surface area (Å²) in [5, 5.41) is 3.15. The van der Waals surface area contributed by atoms with Crippen molar-refractivity contribution >= 4 is 11.9 Å². The molecule has 5 nitrogen and oxygen atoms in total. The van der Waals surface area contributed by atoms with E-state index < -0.39 is 0 Å². The van der Waals surface area contributed by atoms with Crippen molar-refractivity contribution in [1.82, 2.24) is 5.32 Å². The Morgan fingerprint density at radius 2 is 1.41 bits per heavy atom. The van der Waals surface area contributed by atoms with Crippen LogP contribution < -0.4 is 5.32 Å². The summed E-state index contributed by atoms with van der Waals surface area (Å²) in [4.78, 5) is 25.1. The molecule has 0 bridgehead atoms. The van der Waals surface area contributed by atoms with Gasteiger partial charge < -0.3 is 14.8 Å². The molecule has 0 saturated heterocycles. The molecule has 152 valence electrons. The number of esters is 2. The Morgan fingerprint density at radius 3 is 1.89 bits per heavy atom. The van der Waals surface area contributed by atoms with Gasteiger partial charge in [-0.1, -0.05) is 31.9 Å². The molecular formula is C22H35NO4. The van der Waals surface area contributed by atoms with E-state index in [0.29, 0.717) is 30.8 Å². The van der Waals surface area contributed by atoms with Crippen LogP contribution in [0.25, 0.3) is 0 Å². The molecule has 0 unspecified atom stereocenters. The third-order valence-corrected chi connectivity index (χ3v) is 4.63. The monoisotopic (exact) mass is 377 g/mol. The minimum Gasteiger partial charge on any atom is -0.463 e. The van der Waals surface area contributed by atoms with Crippen molar-refractivity contribution in [3.05, 3.63) is 34.7 Å². The quantitative estimate of drug-likeness (QED) is 0.318. The van der Waals surface area contributed by atoms with Gasteiger partial charge in [-0.25, -0.2) is 9.59 Å². The van der Waals surface area contributed by atoms with Crippen LogP contribution in [0.5, 0.6) is 0 Å². The summed E-state index contributed by atoms with van der Waals surface area (Å²) in [6.45, 7) is 10.1. The van der Waals surface area contributed by atoms with E-state index in [1.165, 1.54) is 19.3 Å². The van der Waals surface area contributed by atoms with E-state index in [4.69, 9.17) is 9.47 Å². The van der Waals surface area contributed by atoms with Gasteiger partial charge in [0.15, 0.2) is 0 Å². The molecule has 0 aromatic rings. The first-order valence-electron chi connectivity index (χ1n) is 10.2.